The first-order valence-corrected chi connectivity index (χ1v) is 9.37. The number of hydrogen-bond acceptors (Lipinski definition) is 3. The van der Waals surface area contributed by atoms with Crippen LogP contribution in [0, 0.1) is 5.82 Å². The number of amides is 1. The van der Waals surface area contributed by atoms with E-state index in [1.807, 2.05) is 18.2 Å². The highest BCUT2D eigenvalue weighted by molar-refractivity contribution is 6.31. The van der Waals surface area contributed by atoms with Crippen LogP contribution in [-0.2, 0) is 6.61 Å². The standard InChI is InChI=1S/C21H14Cl2FN3O2/c22-16-4-2-1-3-13(16)11-29-14-6-8-19-15(10-14)20(27-26-19)25-21(28)12-5-7-18(24)17(23)9-12/h1-10H,11H2,(H2,25,26,27,28). The van der Waals surface area contributed by atoms with Crippen LogP contribution in [0.2, 0.25) is 10.0 Å². The highest BCUT2D eigenvalue weighted by Gasteiger charge is 2.14. The Labute approximate surface area is 175 Å². The van der Waals surface area contributed by atoms with Crippen molar-refractivity contribution < 1.29 is 13.9 Å². The van der Waals surface area contributed by atoms with E-state index in [0.717, 1.165) is 17.1 Å². The van der Waals surface area contributed by atoms with Crippen molar-refractivity contribution in [3.8, 4) is 5.75 Å². The molecule has 2 N–H and O–H groups in total. The van der Waals surface area contributed by atoms with E-state index in [4.69, 9.17) is 27.9 Å². The van der Waals surface area contributed by atoms with Crippen molar-refractivity contribution in [2.75, 3.05) is 5.32 Å². The van der Waals surface area contributed by atoms with E-state index >= 15 is 0 Å². The molecule has 0 unspecified atom stereocenters. The van der Waals surface area contributed by atoms with Crippen molar-refractivity contribution in [3.63, 3.8) is 0 Å². The second-order valence-corrected chi connectivity index (χ2v) is 7.06. The summed E-state index contributed by atoms with van der Waals surface area (Å²) in [7, 11) is 0. The van der Waals surface area contributed by atoms with Crippen molar-refractivity contribution in [1.29, 1.82) is 0 Å². The number of H-pyrrole nitrogens is 1. The molecule has 0 spiro atoms. The van der Waals surface area contributed by atoms with Crippen molar-refractivity contribution in [2.45, 2.75) is 6.61 Å². The molecule has 0 bridgehead atoms. The van der Waals surface area contributed by atoms with Gasteiger partial charge in [0.25, 0.3) is 5.91 Å². The van der Waals surface area contributed by atoms with Crippen LogP contribution in [0.1, 0.15) is 15.9 Å². The minimum Gasteiger partial charge on any atom is -0.489 e. The number of carbonyl (C=O) groups is 1. The van der Waals surface area contributed by atoms with Gasteiger partial charge >= 0.3 is 0 Å². The zero-order valence-electron chi connectivity index (χ0n) is 14.9. The van der Waals surface area contributed by atoms with Crippen LogP contribution < -0.4 is 10.1 Å². The van der Waals surface area contributed by atoms with Gasteiger partial charge in [0.1, 0.15) is 18.2 Å². The molecule has 0 atom stereocenters. The Balaban J connectivity index is 1.54. The molecule has 0 aliphatic carbocycles. The number of nitrogens with zero attached hydrogens (tertiary/aromatic N) is 1. The monoisotopic (exact) mass is 429 g/mol. The lowest BCUT2D eigenvalue weighted by molar-refractivity contribution is 0.102. The minimum atomic E-state index is -0.589. The van der Waals surface area contributed by atoms with E-state index in [9.17, 15) is 9.18 Å². The van der Waals surface area contributed by atoms with Crippen LogP contribution in [0.3, 0.4) is 0 Å². The Morgan fingerprint density at radius 3 is 2.69 bits per heavy atom. The molecule has 0 saturated carbocycles. The SMILES string of the molecule is O=C(Nc1n[nH]c2ccc(OCc3ccccc3Cl)cc12)c1ccc(F)c(Cl)c1. The van der Waals surface area contributed by atoms with Gasteiger partial charge in [0.15, 0.2) is 5.82 Å². The average molecular weight is 430 g/mol. The fourth-order valence-electron chi connectivity index (χ4n) is 2.77. The Morgan fingerprint density at radius 2 is 1.90 bits per heavy atom. The predicted octanol–water partition coefficient (Wildman–Crippen LogP) is 5.84. The summed E-state index contributed by atoms with van der Waals surface area (Å²) in [4.78, 5) is 12.5. The third-order valence-electron chi connectivity index (χ3n) is 4.30. The molecule has 0 aliphatic heterocycles. The van der Waals surface area contributed by atoms with Gasteiger partial charge in [-0.2, -0.15) is 5.10 Å². The molecule has 4 aromatic rings. The normalized spacial score (nSPS) is 10.9. The van der Waals surface area contributed by atoms with Crippen LogP contribution in [0.25, 0.3) is 10.9 Å². The molecule has 0 aliphatic rings. The van der Waals surface area contributed by atoms with Crippen molar-refractivity contribution in [3.05, 3.63) is 87.7 Å². The zero-order valence-corrected chi connectivity index (χ0v) is 16.4. The van der Waals surface area contributed by atoms with Crippen molar-refractivity contribution >= 4 is 45.8 Å². The maximum Gasteiger partial charge on any atom is 0.256 e. The van der Waals surface area contributed by atoms with Crippen molar-refractivity contribution in [1.82, 2.24) is 10.2 Å². The Bertz CT molecular complexity index is 1210. The number of fused-ring (bicyclic) bond motifs is 1. The van der Waals surface area contributed by atoms with E-state index in [1.54, 1.807) is 24.3 Å². The van der Waals surface area contributed by atoms with Gasteiger partial charge in [-0.25, -0.2) is 4.39 Å². The van der Waals surface area contributed by atoms with Gasteiger partial charge in [-0.15, -0.1) is 0 Å². The number of hydrogen-bond donors (Lipinski definition) is 2. The first-order chi connectivity index (χ1) is 14.0. The quantitative estimate of drug-likeness (QED) is 0.418. The van der Waals surface area contributed by atoms with Crippen LogP contribution in [0.4, 0.5) is 10.2 Å². The molecular formula is C21H14Cl2FN3O2. The Hall–Kier alpha value is -3.09. The fraction of sp³-hybridized carbons (Fsp3) is 0.0476. The van der Waals surface area contributed by atoms with E-state index in [0.29, 0.717) is 28.6 Å². The Kier molecular flexibility index (Phi) is 5.38. The van der Waals surface area contributed by atoms with Gasteiger partial charge in [-0.3, -0.25) is 9.89 Å². The summed E-state index contributed by atoms with van der Waals surface area (Å²) in [5, 5.41) is 10.9. The zero-order chi connectivity index (χ0) is 20.4. The third-order valence-corrected chi connectivity index (χ3v) is 4.96. The molecular weight excluding hydrogens is 416 g/mol. The summed E-state index contributed by atoms with van der Waals surface area (Å²) in [6.45, 7) is 0.304. The van der Waals surface area contributed by atoms with E-state index in [-0.39, 0.29) is 10.6 Å². The average Bonchev–Trinajstić information content (AvgIpc) is 3.11. The number of ether oxygens (including phenoxy) is 1. The number of aromatic nitrogens is 2. The molecule has 5 nitrogen and oxygen atoms in total. The predicted molar refractivity (Wildman–Crippen MR) is 111 cm³/mol. The molecule has 0 fully saturated rings. The lowest BCUT2D eigenvalue weighted by Gasteiger charge is -2.08. The largest absolute Gasteiger partial charge is 0.489 e. The van der Waals surface area contributed by atoms with E-state index in [1.165, 1.54) is 12.1 Å². The molecule has 8 heteroatoms. The van der Waals surface area contributed by atoms with Crippen LogP contribution in [-0.4, -0.2) is 16.1 Å². The smallest absolute Gasteiger partial charge is 0.256 e. The number of nitrogens with one attached hydrogen (secondary N) is 2. The number of aromatic amines is 1. The molecule has 1 heterocycles. The molecule has 1 aromatic heterocycles. The number of anilines is 1. The third kappa shape index (κ3) is 4.18. The maximum absolute atomic E-state index is 13.3. The highest BCUT2D eigenvalue weighted by Crippen LogP contribution is 2.27. The lowest BCUT2D eigenvalue weighted by atomic mass is 10.2. The maximum atomic E-state index is 13.3. The summed E-state index contributed by atoms with van der Waals surface area (Å²) in [6.07, 6.45) is 0. The molecule has 0 saturated heterocycles. The molecule has 4 rings (SSSR count). The number of rotatable bonds is 5. The lowest BCUT2D eigenvalue weighted by Crippen LogP contribution is -2.12. The first-order valence-electron chi connectivity index (χ1n) is 8.62. The van der Waals surface area contributed by atoms with Crippen molar-refractivity contribution in [2.24, 2.45) is 0 Å². The second-order valence-electron chi connectivity index (χ2n) is 6.24. The van der Waals surface area contributed by atoms with E-state index in [2.05, 4.69) is 15.5 Å². The summed E-state index contributed by atoms with van der Waals surface area (Å²) >= 11 is 11.9. The van der Waals surface area contributed by atoms with Gasteiger partial charge in [-0.1, -0.05) is 41.4 Å². The summed E-state index contributed by atoms with van der Waals surface area (Å²) in [5.74, 6) is -0.121. The number of benzene rings is 3. The number of halogens is 3. The summed E-state index contributed by atoms with van der Waals surface area (Å²) in [5.41, 5.74) is 1.81. The molecule has 146 valence electrons. The topological polar surface area (TPSA) is 67.0 Å². The van der Waals surface area contributed by atoms with Gasteiger partial charge in [0, 0.05) is 21.5 Å². The fourth-order valence-corrected chi connectivity index (χ4v) is 3.14. The van der Waals surface area contributed by atoms with Gasteiger partial charge < -0.3 is 10.1 Å². The molecule has 3 aromatic carbocycles. The van der Waals surface area contributed by atoms with Gasteiger partial charge in [0.05, 0.1) is 10.5 Å². The van der Waals surface area contributed by atoms with Crippen LogP contribution >= 0.6 is 23.2 Å². The van der Waals surface area contributed by atoms with Gasteiger partial charge in [0.2, 0.25) is 0 Å². The minimum absolute atomic E-state index is 0.125. The van der Waals surface area contributed by atoms with Crippen LogP contribution in [0.15, 0.2) is 60.7 Å². The molecule has 0 radical (unpaired) electrons. The van der Waals surface area contributed by atoms with Crippen LogP contribution in [0.5, 0.6) is 5.75 Å². The van der Waals surface area contributed by atoms with Gasteiger partial charge in [-0.05, 0) is 42.5 Å². The molecule has 29 heavy (non-hydrogen) atoms. The second kappa shape index (κ2) is 8.11. The first kappa shape index (κ1) is 19.2. The summed E-state index contributed by atoms with van der Waals surface area (Å²) in [6, 6.07) is 16.5. The summed E-state index contributed by atoms with van der Waals surface area (Å²) < 4.78 is 19.1. The number of carbonyl (C=O) groups excluding carboxylic acids is 1. The molecule has 1 amide bonds. The Morgan fingerprint density at radius 1 is 1.07 bits per heavy atom. The van der Waals surface area contributed by atoms with E-state index < -0.39 is 11.7 Å². The highest BCUT2D eigenvalue weighted by atomic mass is 35.5.